The summed E-state index contributed by atoms with van der Waals surface area (Å²) in [6, 6.07) is 27.2. The zero-order valence-corrected chi connectivity index (χ0v) is 14.8. The summed E-state index contributed by atoms with van der Waals surface area (Å²) < 4.78 is 0. The van der Waals surface area contributed by atoms with Gasteiger partial charge in [-0.15, -0.1) is 0 Å². The zero-order valence-electron chi connectivity index (χ0n) is 14.8. The molecular formula is C25H20NO+. The predicted molar refractivity (Wildman–Crippen MR) is 112 cm³/mol. The molecule has 4 aromatic rings. The number of H-pyrrole nitrogens is 1. The molecule has 2 unspecified atom stereocenters. The fourth-order valence-electron chi connectivity index (χ4n) is 4.30. The van der Waals surface area contributed by atoms with E-state index in [-0.39, 0.29) is 11.8 Å². The highest BCUT2D eigenvalue weighted by atomic mass is 16.1. The van der Waals surface area contributed by atoms with E-state index < -0.39 is 0 Å². The second-order valence-corrected chi connectivity index (χ2v) is 7.04. The molecule has 0 amide bonds. The second-order valence-electron chi connectivity index (χ2n) is 7.04. The normalized spacial score (nSPS) is 17.0. The molecule has 130 valence electrons. The SMILES string of the molecule is [OH+]=C1C=Cc2ccccc2C1C(c1ccccc1)c1c[nH]c2ccccc12. The van der Waals surface area contributed by atoms with Gasteiger partial charge in [0.25, 0.3) is 0 Å². The summed E-state index contributed by atoms with van der Waals surface area (Å²) in [5, 5.41) is 1.20. The number of aromatic amines is 1. The van der Waals surface area contributed by atoms with Crippen LogP contribution in [0.25, 0.3) is 17.0 Å². The number of rotatable bonds is 3. The van der Waals surface area contributed by atoms with Crippen molar-refractivity contribution in [1.29, 1.82) is 0 Å². The molecule has 2 atom stereocenters. The van der Waals surface area contributed by atoms with Crippen LogP contribution in [0.5, 0.6) is 0 Å². The molecule has 2 nitrogen and oxygen atoms in total. The van der Waals surface area contributed by atoms with Crippen LogP contribution in [-0.2, 0) is 0 Å². The van der Waals surface area contributed by atoms with Gasteiger partial charge in [-0.25, -0.2) is 0 Å². The summed E-state index contributed by atoms with van der Waals surface area (Å²) >= 11 is 0. The van der Waals surface area contributed by atoms with Crippen LogP contribution in [0.15, 0.2) is 91.1 Å². The topological polar surface area (TPSA) is 37.2 Å². The molecule has 1 heterocycles. The summed E-state index contributed by atoms with van der Waals surface area (Å²) in [6.07, 6.45) is 5.94. The van der Waals surface area contributed by atoms with Gasteiger partial charge in [0, 0.05) is 29.1 Å². The lowest BCUT2D eigenvalue weighted by Crippen LogP contribution is -2.23. The number of allylic oxidation sites excluding steroid dienone is 1. The summed E-state index contributed by atoms with van der Waals surface area (Å²) in [5.41, 5.74) is 5.85. The molecule has 27 heavy (non-hydrogen) atoms. The number of aromatic nitrogens is 1. The molecule has 1 aliphatic rings. The van der Waals surface area contributed by atoms with Crippen molar-refractivity contribution in [3.63, 3.8) is 0 Å². The number of hydrogen-bond acceptors (Lipinski definition) is 0. The van der Waals surface area contributed by atoms with Crippen molar-refractivity contribution in [1.82, 2.24) is 4.98 Å². The molecule has 0 fully saturated rings. The fraction of sp³-hybridized carbons (Fsp3) is 0.0800. The quantitative estimate of drug-likeness (QED) is 0.463. The highest BCUT2D eigenvalue weighted by molar-refractivity contribution is 6.04. The predicted octanol–water partition coefficient (Wildman–Crippen LogP) is 5.66. The molecule has 5 rings (SSSR count). The Kier molecular flexibility index (Phi) is 3.75. The van der Waals surface area contributed by atoms with E-state index in [9.17, 15) is 4.79 Å². The molecule has 1 aliphatic carbocycles. The summed E-state index contributed by atoms with van der Waals surface area (Å²) in [7, 11) is 0. The molecule has 3 aromatic carbocycles. The first-order valence-electron chi connectivity index (χ1n) is 9.27. The highest BCUT2D eigenvalue weighted by Gasteiger charge is 2.38. The van der Waals surface area contributed by atoms with Gasteiger partial charge in [0.2, 0.25) is 0 Å². The highest BCUT2D eigenvalue weighted by Crippen LogP contribution is 2.44. The van der Waals surface area contributed by atoms with E-state index in [1.165, 1.54) is 22.1 Å². The van der Waals surface area contributed by atoms with Gasteiger partial charge in [0.1, 0.15) is 5.92 Å². The molecule has 0 saturated carbocycles. The number of para-hydroxylation sites is 1. The number of nitrogens with one attached hydrogen (secondary N) is 1. The van der Waals surface area contributed by atoms with E-state index in [1.54, 1.807) is 0 Å². The van der Waals surface area contributed by atoms with Gasteiger partial charge in [-0.05, 0) is 34.4 Å². The monoisotopic (exact) mass is 350 g/mol. The third-order valence-corrected chi connectivity index (χ3v) is 5.53. The molecule has 0 spiro atoms. The molecule has 0 aliphatic heterocycles. The Labute approximate surface area is 158 Å². The third kappa shape index (κ3) is 2.61. The number of ketones is 1. The van der Waals surface area contributed by atoms with Crippen LogP contribution in [0.3, 0.4) is 0 Å². The lowest BCUT2D eigenvalue weighted by atomic mass is 9.72. The molecule has 2 N–H and O–H groups in total. The van der Waals surface area contributed by atoms with Crippen LogP contribution >= 0.6 is 0 Å². The van der Waals surface area contributed by atoms with Gasteiger partial charge in [-0.2, -0.15) is 0 Å². The van der Waals surface area contributed by atoms with Crippen molar-refractivity contribution in [2.75, 3.05) is 0 Å². The first kappa shape index (κ1) is 15.8. The van der Waals surface area contributed by atoms with Crippen LogP contribution in [-0.4, -0.2) is 15.6 Å². The zero-order chi connectivity index (χ0) is 18.2. The Bertz CT molecular complexity index is 1150. The molecule has 0 bridgehead atoms. The maximum Gasteiger partial charge on any atom is 0.324 e. The van der Waals surface area contributed by atoms with E-state index in [2.05, 4.69) is 71.8 Å². The molecule has 0 saturated heterocycles. The van der Waals surface area contributed by atoms with Crippen LogP contribution < -0.4 is 0 Å². The van der Waals surface area contributed by atoms with Gasteiger partial charge >= 0.3 is 5.78 Å². The number of carbonyl (C=O) groups excluding carboxylic acids is 1. The van der Waals surface area contributed by atoms with Crippen molar-refractivity contribution >= 4 is 22.8 Å². The van der Waals surface area contributed by atoms with Crippen molar-refractivity contribution in [2.45, 2.75) is 11.8 Å². The Morgan fingerprint density at radius 3 is 2.41 bits per heavy atom. The second kappa shape index (κ2) is 6.40. The molecule has 1 aromatic heterocycles. The lowest BCUT2D eigenvalue weighted by molar-refractivity contribution is 0.619. The largest absolute Gasteiger partial charge is 0.361 e. The Morgan fingerprint density at radius 2 is 1.52 bits per heavy atom. The van der Waals surface area contributed by atoms with Gasteiger partial charge in [-0.1, -0.05) is 72.8 Å². The van der Waals surface area contributed by atoms with Crippen LogP contribution in [0.4, 0.5) is 0 Å². The minimum Gasteiger partial charge on any atom is -0.361 e. The maximum atomic E-state index is 10.9. The molecule has 0 radical (unpaired) electrons. The smallest absolute Gasteiger partial charge is 0.324 e. The van der Waals surface area contributed by atoms with Crippen molar-refractivity contribution in [3.05, 3.63) is 113 Å². The number of benzene rings is 3. The lowest BCUT2D eigenvalue weighted by Gasteiger charge is -2.27. The summed E-state index contributed by atoms with van der Waals surface area (Å²) in [4.78, 5) is 14.3. The van der Waals surface area contributed by atoms with Crippen molar-refractivity contribution in [2.24, 2.45) is 0 Å². The van der Waals surface area contributed by atoms with E-state index in [0.29, 0.717) is 5.78 Å². The Balaban J connectivity index is 1.77. The van der Waals surface area contributed by atoms with Gasteiger partial charge in [0.05, 0.1) is 0 Å². The molecule has 2 heteroatoms. The third-order valence-electron chi connectivity index (χ3n) is 5.53. The van der Waals surface area contributed by atoms with Gasteiger partial charge in [-0.3, -0.25) is 4.79 Å². The first-order chi connectivity index (χ1) is 13.3. The van der Waals surface area contributed by atoms with Crippen molar-refractivity contribution < 1.29 is 4.79 Å². The Morgan fingerprint density at radius 1 is 0.778 bits per heavy atom. The van der Waals surface area contributed by atoms with Gasteiger partial charge < -0.3 is 4.98 Å². The van der Waals surface area contributed by atoms with Crippen molar-refractivity contribution in [3.8, 4) is 0 Å². The first-order valence-corrected chi connectivity index (χ1v) is 9.27. The van der Waals surface area contributed by atoms with E-state index >= 15 is 0 Å². The minimum absolute atomic E-state index is 0.0217. The summed E-state index contributed by atoms with van der Waals surface area (Å²) in [5.74, 6) is 0.314. The molecular weight excluding hydrogens is 330 g/mol. The Hall–Kier alpha value is -3.39. The van der Waals surface area contributed by atoms with Crippen LogP contribution in [0.2, 0.25) is 0 Å². The minimum atomic E-state index is -0.118. The van der Waals surface area contributed by atoms with Gasteiger partial charge in [0.15, 0.2) is 0 Å². The van der Waals surface area contributed by atoms with E-state index in [4.69, 9.17) is 0 Å². The summed E-state index contributed by atoms with van der Waals surface area (Å²) in [6.45, 7) is 0. The van der Waals surface area contributed by atoms with E-state index in [1.807, 2.05) is 30.4 Å². The maximum absolute atomic E-state index is 10.9. The fourth-order valence-corrected chi connectivity index (χ4v) is 4.30. The van der Waals surface area contributed by atoms with E-state index in [0.717, 1.165) is 11.1 Å². The average Bonchev–Trinajstić information content (AvgIpc) is 3.15. The average molecular weight is 350 g/mol. The van der Waals surface area contributed by atoms with Crippen LogP contribution in [0.1, 0.15) is 34.1 Å². The number of hydrogen-bond donors (Lipinski definition) is 1. The van der Waals surface area contributed by atoms with Crippen LogP contribution in [0, 0.1) is 0 Å². The number of fused-ring (bicyclic) bond motifs is 2. The standard InChI is InChI=1S/C25H19NO/c27-23-15-14-17-8-4-5-11-19(17)25(23)24(18-9-2-1-3-10-18)21-16-26-22-13-7-6-12-20(21)22/h1-16,24-26H/p+1.